The minimum Gasteiger partial charge on any atom is -0.496 e. The molecule has 3 aromatic rings. The average molecular weight is 488 g/mol. The Morgan fingerprint density at radius 1 is 0.833 bits per heavy atom. The van der Waals surface area contributed by atoms with Gasteiger partial charge in [-0.2, -0.15) is 5.10 Å². The van der Waals surface area contributed by atoms with E-state index in [0.717, 1.165) is 37.2 Å². The number of carbonyl (C=O) groups is 2. The molecule has 2 aliphatic rings. The molecule has 0 spiro atoms. The second-order valence-corrected chi connectivity index (χ2v) is 9.38. The van der Waals surface area contributed by atoms with E-state index >= 15 is 0 Å². The topological polar surface area (TPSA) is 70.9 Å². The second-order valence-electron chi connectivity index (χ2n) is 9.38. The Labute approximate surface area is 212 Å². The zero-order valence-corrected chi connectivity index (χ0v) is 20.8. The minimum absolute atomic E-state index is 0.0555. The second kappa shape index (κ2) is 11.0. The maximum Gasteiger partial charge on any atom is 0.257 e. The number of ether oxygens (including phenoxy) is 1. The van der Waals surface area contributed by atoms with Crippen molar-refractivity contribution in [3.63, 3.8) is 0 Å². The summed E-state index contributed by atoms with van der Waals surface area (Å²) in [6.07, 6.45) is 5.21. The van der Waals surface area contributed by atoms with Crippen LogP contribution in [0.4, 0.5) is 0 Å². The van der Waals surface area contributed by atoms with Crippen molar-refractivity contribution in [2.75, 3.05) is 52.9 Å². The number of amides is 2. The maximum absolute atomic E-state index is 13.8. The number of rotatable bonds is 6. The zero-order chi connectivity index (χ0) is 24.9. The van der Waals surface area contributed by atoms with Gasteiger partial charge >= 0.3 is 0 Å². The summed E-state index contributed by atoms with van der Waals surface area (Å²) in [6, 6.07) is 17.4. The number of benzene rings is 2. The van der Waals surface area contributed by atoms with E-state index in [4.69, 9.17) is 9.84 Å². The maximum atomic E-state index is 13.8. The van der Waals surface area contributed by atoms with E-state index in [0.29, 0.717) is 49.7 Å². The van der Waals surface area contributed by atoms with Crippen molar-refractivity contribution in [2.45, 2.75) is 19.3 Å². The smallest absolute Gasteiger partial charge is 0.257 e. The first-order chi connectivity index (χ1) is 17.6. The SMILES string of the molecule is COc1ccccc1-c1nn(-c2ccccc2)cc1C(=O)N1CCN(CC(=O)N2CCCCC2)CC1. The fourth-order valence-corrected chi connectivity index (χ4v) is 5.00. The molecule has 0 saturated carbocycles. The van der Waals surface area contributed by atoms with E-state index in [2.05, 4.69) is 4.90 Å². The molecule has 8 nitrogen and oxygen atoms in total. The first kappa shape index (κ1) is 24.1. The van der Waals surface area contributed by atoms with Gasteiger partial charge in [0, 0.05) is 51.0 Å². The average Bonchev–Trinajstić information content (AvgIpc) is 3.39. The number of carbonyl (C=O) groups excluding carboxylic acids is 2. The van der Waals surface area contributed by atoms with Crippen LogP contribution in [-0.4, -0.2) is 89.2 Å². The molecule has 0 radical (unpaired) electrons. The highest BCUT2D eigenvalue weighted by Crippen LogP contribution is 2.32. The van der Waals surface area contributed by atoms with Gasteiger partial charge in [-0.1, -0.05) is 30.3 Å². The molecular formula is C28H33N5O3. The molecule has 2 aromatic carbocycles. The summed E-state index contributed by atoms with van der Waals surface area (Å²) in [5.41, 5.74) is 2.81. The molecule has 188 valence electrons. The van der Waals surface area contributed by atoms with Crippen LogP contribution in [0, 0.1) is 0 Å². The molecule has 0 N–H and O–H groups in total. The number of piperazine rings is 1. The molecular weight excluding hydrogens is 454 g/mol. The summed E-state index contributed by atoms with van der Waals surface area (Å²) in [5.74, 6) is 0.822. The van der Waals surface area contributed by atoms with Gasteiger partial charge in [0.05, 0.1) is 24.9 Å². The third-order valence-corrected chi connectivity index (χ3v) is 7.05. The summed E-state index contributed by atoms with van der Waals surface area (Å²) in [7, 11) is 1.62. The predicted octanol–water partition coefficient (Wildman–Crippen LogP) is 3.32. The van der Waals surface area contributed by atoms with Crippen molar-refractivity contribution in [1.29, 1.82) is 0 Å². The van der Waals surface area contributed by atoms with Crippen molar-refractivity contribution < 1.29 is 14.3 Å². The molecule has 2 fully saturated rings. The van der Waals surface area contributed by atoms with Crippen LogP contribution in [0.5, 0.6) is 5.75 Å². The zero-order valence-electron chi connectivity index (χ0n) is 20.8. The van der Waals surface area contributed by atoms with Crippen LogP contribution < -0.4 is 4.74 Å². The molecule has 2 saturated heterocycles. The molecule has 0 bridgehead atoms. The lowest BCUT2D eigenvalue weighted by Gasteiger charge is -2.36. The number of likely N-dealkylation sites (tertiary alicyclic amines) is 1. The Morgan fingerprint density at radius 3 is 2.25 bits per heavy atom. The van der Waals surface area contributed by atoms with Crippen molar-refractivity contribution in [3.8, 4) is 22.7 Å². The Morgan fingerprint density at radius 2 is 1.53 bits per heavy atom. The van der Waals surface area contributed by atoms with Crippen LogP contribution in [0.1, 0.15) is 29.6 Å². The molecule has 3 heterocycles. The lowest BCUT2D eigenvalue weighted by atomic mass is 10.1. The molecule has 5 rings (SSSR count). The Balaban J connectivity index is 1.34. The van der Waals surface area contributed by atoms with E-state index in [1.54, 1.807) is 11.8 Å². The third kappa shape index (κ3) is 5.14. The van der Waals surface area contributed by atoms with E-state index in [9.17, 15) is 9.59 Å². The molecule has 0 atom stereocenters. The summed E-state index contributed by atoms with van der Waals surface area (Å²) in [6.45, 7) is 4.69. The normalized spacial score (nSPS) is 16.7. The lowest BCUT2D eigenvalue weighted by Crippen LogP contribution is -2.52. The number of hydrogen-bond acceptors (Lipinski definition) is 5. The summed E-state index contributed by atoms with van der Waals surface area (Å²) in [5, 5.41) is 4.81. The number of para-hydroxylation sites is 2. The van der Waals surface area contributed by atoms with Crippen LogP contribution >= 0.6 is 0 Å². The number of nitrogens with zero attached hydrogens (tertiary/aromatic N) is 5. The quantitative estimate of drug-likeness (QED) is 0.534. The van der Waals surface area contributed by atoms with E-state index in [1.807, 2.05) is 70.6 Å². The Hall–Kier alpha value is -3.65. The van der Waals surface area contributed by atoms with Crippen LogP contribution in [-0.2, 0) is 4.79 Å². The van der Waals surface area contributed by atoms with Crippen molar-refractivity contribution >= 4 is 11.8 Å². The molecule has 1 aromatic heterocycles. The van der Waals surface area contributed by atoms with E-state index in [-0.39, 0.29) is 11.8 Å². The highest BCUT2D eigenvalue weighted by atomic mass is 16.5. The highest BCUT2D eigenvalue weighted by Gasteiger charge is 2.29. The molecule has 2 aliphatic heterocycles. The monoisotopic (exact) mass is 487 g/mol. The van der Waals surface area contributed by atoms with Gasteiger partial charge < -0.3 is 14.5 Å². The number of piperidine rings is 1. The molecule has 0 unspecified atom stereocenters. The van der Waals surface area contributed by atoms with Gasteiger partial charge in [-0.25, -0.2) is 4.68 Å². The summed E-state index contributed by atoms with van der Waals surface area (Å²) in [4.78, 5) is 32.5. The molecule has 0 aliphatic carbocycles. The van der Waals surface area contributed by atoms with Gasteiger partial charge in [-0.3, -0.25) is 14.5 Å². The van der Waals surface area contributed by atoms with Gasteiger partial charge in [0.2, 0.25) is 5.91 Å². The largest absolute Gasteiger partial charge is 0.496 e. The number of hydrogen-bond donors (Lipinski definition) is 0. The van der Waals surface area contributed by atoms with Crippen LogP contribution in [0.3, 0.4) is 0 Å². The fourth-order valence-electron chi connectivity index (χ4n) is 5.00. The summed E-state index contributed by atoms with van der Waals surface area (Å²) < 4.78 is 7.33. The first-order valence-corrected chi connectivity index (χ1v) is 12.7. The van der Waals surface area contributed by atoms with Crippen LogP contribution in [0.15, 0.2) is 60.8 Å². The first-order valence-electron chi connectivity index (χ1n) is 12.7. The van der Waals surface area contributed by atoms with Gasteiger partial charge in [0.1, 0.15) is 11.4 Å². The van der Waals surface area contributed by atoms with Crippen molar-refractivity contribution in [1.82, 2.24) is 24.5 Å². The molecule has 8 heteroatoms. The van der Waals surface area contributed by atoms with Gasteiger partial charge in [-0.15, -0.1) is 0 Å². The van der Waals surface area contributed by atoms with Crippen LogP contribution in [0.2, 0.25) is 0 Å². The third-order valence-electron chi connectivity index (χ3n) is 7.05. The van der Waals surface area contributed by atoms with Crippen LogP contribution in [0.25, 0.3) is 16.9 Å². The number of aromatic nitrogens is 2. The number of methoxy groups -OCH3 is 1. The highest BCUT2D eigenvalue weighted by molar-refractivity contribution is 6.00. The van der Waals surface area contributed by atoms with Crippen molar-refractivity contribution in [2.24, 2.45) is 0 Å². The minimum atomic E-state index is -0.0555. The Bertz CT molecular complexity index is 1190. The Kier molecular flexibility index (Phi) is 7.32. The van der Waals surface area contributed by atoms with Crippen molar-refractivity contribution in [3.05, 3.63) is 66.4 Å². The molecule has 36 heavy (non-hydrogen) atoms. The van der Waals surface area contributed by atoms with E-state index < -0.39 is 0 Å². The summed E-state index contributed by atoms with van der Waals surface area (Å²) >= 11 is 0. The fraction of sp³-hybridized carbons (Fsp3) is 0.393. The molecule has 2 amide bonds. The predicted molar refractivity (Wildman–Crippen MR) is 138 cm³/mol. The van der Waals surface area contributed by atoms with Gasteiger partial charge in [0.15, 0.2) is 0 Å². The van der Waals surface area contributed by atoms with Gasteiger partial charge in [-0.05, 0) is 43.5 Å². The standard InChI is InChI=1S/C28H33N5O3/c1-36-25-13-7-6-12-23(25)27-24(20-33(29-27)22-10-4-2-5-11-22)28(35)32-18-16-30(17-19-32)21-26(34)31-14-8-3-9-15-31/h2,4-7,10-13,20H,3,8-9,14-19,21H2,1H3. The van der Waals surface area contributed by atoms with E-state index in [1.165, 1.54) is 6.42 Å². The lowest BCUT2D eigenvalue weighted by molar-refractivity contribution is -0.133. The van der Waals surface area contributed by atoms with Gasteiger partial charge in [0.25, 0.3) is 5.91 Å².